The van der Waals surface area contributed by atoms with E-state index in [0.29, 0.717) is 42.6 Å². The molecule has 0 aliphatic carbocycles. The molecule has 9 nitrogen and oxygen atoms in total. The van der Waals surface area contributed by atoms with Crippen LogP contribution in [0.25, 0.3) is 27.9 Å². The lowest BCUT2D eigenvalue weighted by Gasteiger charge is -2.30. The summed E-state index contributed by atoms with van der Waals surface area (Å²) < 4.78 is 1.70. The molecule has 10 heteroatoms. The van der Waals surface area contributed by atoms with Crippen molar-refractivity contribution in [3.8, 4) is 11.4 Å². The summed E-state index contributed by atoms with van der Waals surface area (Å²) in [6, 6.07) is 11.5. The van der Waals surface area contributed by atoms with Crippen LogP contribution in [0.3, 0.4) is 0 Å². The molecule has 1 aliphatic heterocycles. The number of nitrogens with two attached hydrogens (primary N) is 1. The van der Waals surface area contributed by atoms with Gasteiger partial charge in [0.2, 0.25) is 11.8 Å². The second kappa shape index (κ2) is 8.54. The number of benzene rings is 1. The van der Waals surface area contributed by atoms with E-state index in [9.17, 15) is 9.59 Å². The number of rotatable bonds is 5. The minimum Gasteiger partial charge on any atom is -0.369 e. The van der Waals surface area contributed by atoms with E-state index < -0.39 is 0 Å². The zero-order chi connectivity index (χ0) is 22.1. The van der Waals surface area contributed by atoms with Gasteiger partial charge in [-0.3, -0.25) is 14.6 Å². The Morgan fingerprint density at radius 3 is 2.56 bits per heavy atom. The van der Waals surface area contributed by atoms with Crippen molar-refractivity contribution < 1.29 is 9.59 Å². The highest BCUT2D eigenvalue weighted by Gasteiger charge is 2.26. The molecule has 2 amide bonds. The highest BCUT2D eigenvalue weighted by atomic mass is 32.2. The molecule has 1 aliphatic rings. The van der Waals surface area contributed by atoms with E-state index in [1.807, 2.05) is 36.4 Å². The number of piperidine rings is 1. The fourth-order valence-corrected chi connectivity index (χ4v) is 4.73. The largest absolute Gasteiger partial charge is 0.369 e. The van der Waals surface area contributed by atoms with Crippen molar-refractivity contribution in [2.24, 2.45) is 11.7 Å². The number of thioether (sulfide) groups is 1. The van der Waals surface area contributed by atoms with E-state index in [0.717, 1.165) is 16.5 Å². The van der Waals surface area contributed by atoms with Crippen LogP contribution in [0.5, 0.6) is 0 Å². The van der Waals surface area contributed by atoms with Crippen LogP contribution in [0.2, 0.25) is 0 Å². The molecular formula is C22H21N7O2S. The van der Waals surface area contributed by atoms with Gasteiger partial charge in [0.25, 0.3) is 0 Å². The van der Waals surface area contributed by atoms with Gasteiger partial charge in [0, 0.05) is 42.4 Å². The van der Waals surface area contributed by atoms with Gasteiger partial charge in [0.05, 0.1) is 11.3 Å². The Morgan fingerprint density at radius 2 is 1.81 bits per heavy atom. The van der Waals surface area contributed by atoms with Crippen LogP contribution in [-0.4, -0.2) is 60.1 Å². The number of fused-ring (bicyclic) bond motifs is 3. The van der Waals surface area contributed by atoms with E-state index in [-0.39, 0.29) is 23.5 Å². The number of carbonyl (C=O) groups is 2. The Labute approximate surface area is 188 Å². The Balaban J connectivity index is 1.42. The summed E-state index contributed by atoms with van der Waals surface area (Å²) >= 11 is 1.34. The van der Waals surface area contributed by atoms with Gasteiger partial charge in [-0.25, -0.2) is 9.97 Å². The standard InChI is InChI=1S/C22H21N7O2S/c23-19(31)14-7-11-28(12-8-14)18(30)13-32-22-25-17-4-2-1-3-16(17)21-26-20(27-29(21)22)15-5-9-24-10-6-15/h1-6,9-10,14H,7-8,11-13H2,(H2,23,31). The summed E-state index contributed by atoms with van der Waals surface area (Å²) in [7, 11) is 0. The zero-order valence-electron chi connectivity index (χ0n) is 17.2. The Hall–Kier alpha value is -3.53. The molecule has 1 fully saturated rings. The van der Waals surface area contributed by atoms with Crippen molar-refractivity contribution in [1.29, 1.82) is 0 Å². The van der Waals surface area contributed by atoms with Crippen LogP contribution in [0.15, 0.2) is 53.9 Å². The maximum Gasteiger partial charge on any atom is 0.233 e. The van der Waals surface area contributed by atoms with E-state index in [1.165, 1.54) is 11.8 Å². The fourth-order valence-electron chi connectivity index (χ4n) is 3.88. The summed E-state index contributed by atoms with van der Waals surface area (Å²) in [5, 5.41) is 6.17. The van der Waals surface area contributed by atoms with Gasteiger partial charge in [-0.1, -0.05) is 23.9 Å². The van der Waals surface area contributed by atoms with Gasteiger partial charge >= 0.3 is 0 Å². The number of para-hydroxylation sites is 1. The average Bonchev–Trinajstić information content (AvgIpc) is 3.29. The molecule has 1 saturated heterocycles. The highest BCUT2D eigenvalue weighted by molar-refractivity contribution is 7.99. The normalized spacial score (nSPS) is 14.8. The Morgan fingerprint density at radius 1 is 1.06 bits per heavy atom. The van der Waals surface area contributed by atoms with E-state index in [4.69, 9.17) is 15.7 Å². The third kappa shape index (κ3) is 3.89. The van der Waals surface area contributed by atoms with E-state index >= 15 is 0 Å². The molecule has 0 bridgehead atoms. The van der Waals surface area contributed by atoms with Crippen molar-refractivity contribution in [1.82, 2.24) is 29.5 Å². The molecule has 4 heterocycles. The fraction of sp³-hybridized carbons (Fsp3) is 0.273. The zero-order valence-corrected chi connectivity index (χ0v) is 18.0. The molecular weight excluding hydrogens is 426 g/mol. The van der Waals surface area contributed by atoms with Gasteiger partial charge in [-0.05, 0) is 37.1 Å². The van der Waals surface area contributed by atoms with Crippen LogP contribution < -0.4 is 5.73 Å². The summed E-state index contributed by atoms with van der Waals surface area (Å²) in [6.45, 7) is 1.09. The smallest absolute Gasteiger partial charge is 0.233 e. The minimum absolute atomic E-state index is 0.00972. The van der Waals surface area contributed by atoms with Crippen LogP contribution in [0, 0.1) is 5.92 Å². The quantitative estimate of drug-likeness (QED) is 0.368. The molecule has 0 saturated carbocycles. The molecule has 2 N–H and O–H groups in total. The monoisotopic (exact) mass is 447 g/mol. The first-order valence-electron chi connectivity index (χ1n) is 10.4. The maximum absolute atomic E-state index is 12.8. The summed E-state index contributed by atoms with van der Waals surface area (Å²) in [5.41, 5.74) is 7.74. The number of nitrogens with zero attached hydrogens (tertiary/aromatic N) is 6. The van der Waals surface area contributed by atoms with E-state index in [2.05, 4.69) is 10.1 Å². The number of primary amides is 1. The Bertz CT molecular complexity index is 1300. The van der Waals surface area contributed by atoms with Crippen molar-refractivity contribution >= 4 is 40.1 Å². The van der Waals surface area contributed by atoms with Gasteiger partial charge in [0.1, 0.15) is 0 Å². The predicted octanol–water partition coefficient (Wildman–Crippen LogP) is 2.16. The molecule has 0 unspecified atom stereocenters. The first-order valence-corrected chi connectivity index (χ1v) is 11.3. The van der Waals surface area contributed by atoms with Crippen LogP contribution in [-0.2, 0) is 9.59 Å². The number of aromatic nitrogens is 5. The predicted molar refractivity (Wildman–Crippen MR) is 121 cm³/mol. The second-order valence-electron chi connectivity index (χ2n) is 7.66. The highest BCUT2D eigenvalue weighted by Crippen LogP contribution is 2.27. The van der Waals surface area contributed by atoms with Crippen LogP contribution in [0.1, 0.15) is 12.8 Å². The minimum atomic E-state index is -0.287. The van der Waals surface area contributed by atoms with Gasteiger partial charge in [0.15, 0.2) is 16.6 Å². The molecule has 1 aromatic carbocycles. The first kappa shape index (κ1) is 20.4. The Kier molecular flexibility index (Phi) is 5.44. The topological polar surface area (TPSA) is 119 Å². The average molecular weight is 448 g/mol. The molecule has 0 radical (unpaired) electrons. The molecule has 0 spiro atoms. The number of hydrogen-bond acceptors (Lipinski definition) is 7. The number of pyridine rings is 1. The third-order valence-corrected chi connectivity index (χ3v) is 6.58. The van der Waals surface area contributed by atoms with Gasteiger partial charge in [-0.2, -0.15) is 4.52 Å². The third-order valence-electron chi connectivity index (χ3n) is 5.66. The van der Waals surface area contributed by atoms with Crippen molar-refractivity contribution in [2.75, 3.05) is 18.8 Å². The molecule has 3 aromatic heterocycles. The number of carbonyl (C=O) groups excluding carboxylic acids is 2. The van der Waals surface area contributed by atoms with Gasteiger partial charge in [-0.15, -0.1) is 5.10 Å². The number of likely N-dealkylation sites (tertiary alicyclic amines) is 1. The van der Waals surface area contributed by atoms with Crippen LogP contribution in [0.4, 0.5) is 0 Å². The molecule has 0 atom stereocenters. The molecule has 162 valence electrons. The second-order valence-corrected chi connectivity index (χ2v) is 8.61. The maximum atomic E-state index is 12.8. The lowest BCUT2D eigenvalue weighted by atomic mass is 9.96. The summed E-state index contributed by atoms with van der Waals surface area (Å²) in [6.07, 6.45) is 4.63. The number of amides is 2. The summed E-state index contributed by atoms with van der Waals surface area (Å²) in [4.78, 5) is 39.5. The van der Waals surface area contributed by atoms with Gasteiger partial charge < -0.3 is 10.6 Å². The van der Waals surface area contributed by atoms with Crippen molar-refractivity contribution in [3.05, 3.63) is 48.8 Å². The summed E-state index contributed by atoms with van der Waals surface area (Å²) in [5.74, 6) is 0.384. The molecule has 32 heavy (non-hydrogen) atoms. The number of hydrogen-bond donors (Lipinski definition) is 1. The molecule has 4 aromatic rings. The first-order chi connectivity index (χ1) is 15.6. The van der Waals surface area contributed by atoms with Crippen molar-refractivity contribution in [3.63, 3.8) is 0 Å². The van der Waals surface area contributed by atoms with E-state index in [1.54, 1.807) is 21.8 Å². The lowest BCUT2D eigenvalue weighted by molar-refractivity contribution is -0.132. The SMILES string of the molecule is NC(=O)C1CCN(C(=O)CSc2nc3ccccc3c3nc(-c4ccncc4)nn23)CC1. The van der Waals surface area contributed by atoms with Crippen molar-refractivity contribution in [2.45, 2.75) is 18.0 Å². The lowest BCUT2D eigenvalue weighted by Crippen LogP contribution is -2.42. The van der Waals surface area contributed by atoms with Crippen LogP contribution >= 0.6 is 11.8 Å². The molecule has 5 rings (SSSR count).